The van der Waals surface area contributed by atoms with Crippen molar-refractivity contribution in [3.63, 3.8) is 0 Å². The molecule has 0 radical (unpaired) electrons. The highest BCUT2D eigenvalue weighted by Crippen LogP contribution is 2.30. The van der Waals surface area contributed by atoms with Crippen LogP contribution < -0.4 is 5.32 Å². The van der Waals surface area contributed by atoms with Crippen LogP contribution in [0.3, 0.4) is 0 Å². The lowest BCUT2D eigenvalue weighted by atomic mass is 9.84. The van der Waals surface area contributed by atoms with Crippen LogP contribution in [0.25, 0.3) is 16.9 Å². The monoisotopic (exact) mass is 470 g/mol. The van der Waals surface area contributed by atoms with E-state index < -0.39 is 0 Å². The first-order valence-electron chi connectivity index (χ1n) is 12.9. The number of amides is 2. The quantitative estimate of drug-likeness (QED) is 0.546. The molecule has 0 unspecified atom stereocenters. The number of nitrogens with zero attached hydrogens (tertiary/aromatic N) is 3. The van der Waals surface area contributed by atoms with Crippen molar-refractivity contribution in [3.05, 3.63) is 72.4 Å². The molecular weight excluding hydrogens is 436 g/mol. The smallest absolute Gasteiger partial charge is 0.257 e. The summed E-state index contributed by atoms with van der Waals surface area (Å²) < 4.78 is 1.79. The molecule has 1 atom stereocenters. The van der Waals surface area contributed by atoms with Crippen molar-refractivity contribution in [2.24, 2.45) is 11.8 Å². The lowest BCUT2D eigenvalue weighted by Crippen LogP contribution is -2.44. The van der Waals surface area contributed by atoms with Gasteiger partial charge in [-0.3, -0.25) is 9.59 Å². The molecule has 0 bridgehead atoms. The van der Waals surface area contributed by atoms with Gasteiger partial charge >= 0.3 is 0 Å². The molecule has 1 aliphatic heterocycles. The normalized spacial score (nSPS) is 17.9. The van der Waals surface area contributed by atoms with E-state index in [2.05, 4.69) is 5.32 Å². The number of aromatic nitrogens is 2. The Morgan fingerprint density at radius 3 is 2.20 bits per heavy atom. The maximum absolute atomic E-state index is 13.7. The van der Waals surface area contributed by atoms with Gasteiger partial charge in [-0.2, -0.15) is 5.10 Å². The Morgan fingerprint density at radius 2 is 1.54 bits per heavy atom. The zero-order chi connectivity index (χ0) is 24.2. The Labute approximate surface area is 207 Å². The average molecular weight is 471 g/mol. The summed E-state index contributed by atoms with van der Waals surface area (Å²) in [5.74, 6) is 0.472. The number of benzene rings is 2. The number of para-hydroxylation sites is 1. The first-order valence-corrected chi connectivity index (χ1v) is 12.9. The van der Waals surface area contributed by atoms with E-state index in [1.807, 2.05) is 78.7 Å². The van der Waals surface area contributed by atoms with Crippen LogP contribution in [0.15, 0.2) is 66.9 Å². The molecule has 6 heteroatoms. The number of carbonyl (C=O) groups excluding carboxylic acids is 2. The molecule has 0 spiro atoms. The standard InChI is InChI=1S/C29H34N4O2/c1-21(28(34)30-24-12-8-9-13-24)22-16-18-32(19-17-22)29(35)26-20-33(25-14-6-3-7-15-25)31-27(26)23-10-4-2-5-11-23/h2-7,10-11,14-15,20-22,24H,8-9,12-13,16-19H2,1H3,(H,30,34)/t21-/m0/s1. The van der Waals surface area contributed by atoms with Crippen molar-refractivity contribution >= 4 is 11.8 Å². The van der Waals surface area contributed by atoms with Crippen molar-refractivity contribution in [2.75, 3.05) is 13.1 Å². The van der Waals surface area contributed by atoms with Gasteiger partial charge in [0.1, 0.15) is 5.69 Å². The van der Waals surface area contributed by atoms with Crippen molar-refractivity contribution in [1.29, 1.82) is 0 Å². The minimum absolute atomic E-state index is 0.00699. The highest BCUT2D eigenvalue weighted by Gasteiger charge is 2.32. The Balaban J connectivity index is 1.30. The molecule has 2 fully saturated rings. The van der Waals surface area contributed by atoms with Crippen LogP contribution in [0.5, 0.6) is 0 Å². The summed E-state index contributed by atoms with van der Waals surface area (Å²) in [4.78, 5) is 28.4. The molecule has 2 heterocycles. The number of hydrogen-bond acceptors (Lipinski definition) is 3. The molecular formula is C29H34N4O2. The van der Waals surface area contributed by atoms with Crippen molar-refractivity contribution in [1.82, 2.24) is 20.0 Å². The third kappa shape index (κ3) is 5.16. The van der Waals surface area contributed by atoms with Crippen LogP contribution in [0, 0.1) is 11.8 Å². The molecule has 1 saturated heterocycles. The van der Waals surface area contributed by atoms with Gasteiger partial charge in [0.25, 0.3) is 5.91 Å². The Kier molecular flexibility index (Phi) is 6.98. The van der Waals surface area contributed by atoms with Crippen LogP contribution in [0.1, 0.15) is 55.8 Å². The van der Waals surface area contributed by atoms with E-state index in [9.17, 15) is 9.59 Å². The fraction of sp³-hybridized carbons (Fsp3) is 0.414. The van der Waals surface area contributed by atoms with Crippen LogP contribution in [-0.2, 0) is 4.79 Å². The third-order valence-corrected chi connectivity index (χ3v) is 7.66. The predicted octanol–water partition coefficient (Wildman–Crippen LogP) is 5.09. The molecule has 35 heavy (non-hydrogen) atoms. The van der Waals surface area contributed by atoms with E-state index in [-0.39, 0.29) is 17.7 Å². The van der Waals surface area contributed by atoms with Crippen molar-refractivity contribution in [3.8, 4) is 16.9 Å². The van der Waals surface area contributed by atoms with Crippen LogP contribution >= 0.6 is 0 Å². The van der Waals surface area contributed by atoms with Gasteiger partial charge in [0.2, 0.25) is 5.91 Å². The topological polar surface area (TPSA) is 67.2 Å². The highest BCUT2D eigenvalue weighted by molar-refractivity contribution is 6.00. The van der Waals surface area contributed by atoms with Gasteiger partial charge < -0.3 is 10.2 Å². The first kappa shape index (κ1) is 23.3. The SMILES string of the molecule is C[C@H](C(=O)NC1CCCC1)C1CCN(C(=O)c2cn(-c3ccccc3)nc2-c2ccccc2)CC1. The number of piperidine rings is 1. The molecule has 5 rings (SSSR count). The average Bonchev–Trinajstić information content (AvgIpc) is 3.59. The second kappa shape index (κ2) is 10.5. The fourth-order valence-electron chi connectivity index (χ4n) is 5.44. The van der Waals surface area contributed by atoms with Crippen LogP contribution in [-0.4, -0.2) is 45.6 Å². The van der Waals surface area contributed by atoms with Gasteiger partial charge in [0.15, 0.2) is 0 Å². The van der Waals surface area contributed by atoms with Crippen molar-refractivity contribution < 1.29 is 9.59 Å². The number of carbonyl (C=O) groups is 2. The van der Waals surface area contributed by atoms with Gasteiger partial charge in [0, 0.05) is 36.8 Å². The molecule has 1 aromatic heterocycles. The number of hydrogen-bond donors (Lipinski definition) is 1. The number of likely N-dealkylation sites (tertiary alicyclic amines) is 1. The zero-order valence-corrected chi connectivity index (χ0v) is 20.4. The molecule has 3 aromatic rings. The summed E-state index contributed by atoms with van der Waals surface area (Å²) >= 11 is 0. The predicted molar refractivity (Wildman–Crippen MR) is 137 cm³/mol. The van der Waals surface area contributed by atoms with Crippen molar-refractivity contribution in [2.45, 2.75) is 51.5 Å². The Hall–Kier alpha value is -3.41. The summed E-state index contributed by atoms with van der Waals surface area (Å²) in [6, 6.07) is 20.1. The summed E-state index contributed by atoms with van der Waals surface area (Å²) in [5.41, 5.74) is 3.17. The molecule has 1 N–H and O–H groups in total. The van der Waals surface area contributed by atoms with E-state index in [0.29, 0.717) is 36.3 Å². The summed E-state index contributed by atoms with van der Waals surface area (Å²) in [7, 11) is 0. The largest absolute Gasteiger partial charge is 0.353 e. The Morgan fingerprint density at radius 1 is 0.914 bits per heavy atom. The maximum atomic E-state index is 13.7. The lowest BCUT2D eigenvalue weighted by Gasteiger charge is -2.34. The molecule has 6 nitrogen and oxygen atoms in total. The fourth-order valence-corrected chi connectivity index (χ4v) is 5.44. The van der Waals surface area contributed by atoms with Gasteiger partial charge in [0.05, 0.1) is 11.3 Å². The first-order chi connectivity index (χ1) is 17.1. The van der Waals surface area contributed by atoms with E-state index in [1.54, 1.807) is 4.68 Å². The Bertz CT molecular complexity index is 1140. The third-order valence-electron chi connectivity index (χ3n) is 7.66. The molecule has 182 valence electrons. The van der Waals surface area contributed by atoms with E-state index in [4.69, 9.17) is 5.10 Å². The van der Waals surface area contributed by atoms with Crippen LogP contribution in [0.2, 0.25) is 0 Å². The summed E-state index contributed by atoms with van der Waals surface area (Å²) in [6.07, 6.45) is 8.18. The molecule has 2 aromatic carbocycles. The van der Waals surface area contributed by atoms with E-state index in [0.717, 1.165) is 36.9 Å². The van der Waals surface area contributed by atoms with Crippen LogP contribution in [0.4, 0.5) is 0 Å². The minimum atomic E-state index is -0.0198. The second-order valence-electron chi connectivity index (χ2n) is 9.95. The van der Waals surface area contributed by atoms with Gasteiger partial charge in [-0.15, -0.1) is 0 Å². The van der Waals surface area contributed by atoms with Gasteiger partial charge in [-0.25, -0.2) is 4.68 Å². The number of nitrogens with one attached hydrogen (secondary N) is 1. The van der Waals surface area contributed by atoms with E-state index >= 15 is 0 Å². The molecule has 1 saturated carbocycles. The van der Waals surface area contributed by atoms with Gasteiger partial charge in [-0.05, 0) is 43.7 Å². The molecule has 2 amide bonds. The lowest BCUT2D eigenvalue weighted by molar-refractivity contribution is -0.127. The molecule has 1 aliphatic carbocycles. The van der Waals surface area contributed by atoms with Gasteiger partial charge in [-0.1, -0.05) is 68.3 Å². The highest BCUT2D eigenvalue weighted by atomic mass is 16.2. The minimum Gasteiger partial charge on any atom is -0.353 e. The summed E-state index contributed by atoms with van der Waals surface area (Å²) in [5, 5.41) is 8.05. The van der Waals surface area contributed by atoms with E-state index in [1.165, 1.54) is 12.8 Å². The molecule has 2 aliphatic rings. The number of rotatable bonds is 6. The second-order valence-corrected chi connectivity index (χ2v) is 9.95. The summed E-state index contributed by atoms with van der Waals surface area (Å²) in [6.45, 7) is 3.37. The maximum Gasteiger partial charge on any atom is 0.257 e. The zero-order valence-electron chi connectivity index (χ0n) is 20.4.